The van der Waals surface area contributed by atoms with Crippen molar-refractivity contribution in [3.63, 3.8) is 0 Å². The molecule has 0 aromatic rings. The molecule has 0 unspecified atom stereocenters. The Hall–Kier alpha value is -0.770. The fraction of sp³-hybridized carbons (Fsp3) is 0.933. The zero-order valence-electron chi connectivity index (χ0n) is 12.6. The van der Waals surface area contributed by atoms with Gasteiger partial charge in [-0.2, -0.15) is 0 Å². The van der Waals surface area contributed by atoms with E-state index in [1.54, 1.807) is 0 Å². The van der Waals surface area contributed by atoms with Gasteiger partial charge in [0.15, 0.2) is 0 Å². The van der Waals surface area contributed by atoms with Crippen LogP contribution in [0.1, 0.15) is 52.9 Å². The summed E-state index contributed by atoms with van der Waals surface area (Å²) in [4.78, 5) is 14.3. The maximum absolute atomic E-state index is 12.3. The number of ether oxygens (including phenoxy) is 1. The molecule has 2 fully saturated rings. The topological polar surface area (TPSA) is 41.6 Å². The van der Waals surface area contributed by atoms with Gasteiger partial charge < -0.3 is 15.0 Å². The lowest BCUT2D eigenvalue weighted by Gasteiger charge is -2.42. The summed E-state index contributed by atoms with van der Waals surface area (Å²) in [6.45, 7) is 8.37. The average molecular weight is 268 g/mol. The zero-order chi connectivity index (χ0) is 13.9. The molecule has 4 heteroatoms. The van der Waals surface area contributed by atoms with Crippen LogP contribution < -0.4 is 5.32 Å². The molecule has 4 nitrogen and oxygen atoms in total. The van der Waals surface area contributed by atoms with Crippen LogP contribution in [-0.2, 0) is 4.74 Å². The van der Waals surface area contributed by atoms with Crippen LogP contribution >= 0.6 is 0 Å². The van der Waals surface area contributed by atoms with E-state index in [0.29, 0.717) is 12.0 Å². The number of piperazine rings is 1. The fourth-order valence-corrected chi connectivity index (χ4v) is 3.21. The van der Waals surface area contributed by atoms with Crippen LogP contribution in [0.2, 0.25) is 0 Å². The first-order valence-electron chi connectivity index (χ1n) is 7.68. The van der Waals surface area contributed by atoms with Gasteiger partial charge in [-0.05, 0) is 39.5 Å². The van der Waals surface area contributed by atoms with E-state index in [1.165, 1.54) is 32.1 Å². The molecule has 0 bridgehead atoms. The van der Waals surface area contributed by atoms with Gasteiger partial charge in [-0.1, -0.05) is 19.3 Å². The molecule has 1 heterocycles. The van der Waals surface area contributed by atoms with E-state index in [-0.39, 0.29) is 6.09 Å². The Labute approximate surface area is 116 Å². The highest BCUT2D eigenvalue weighted by Gasteiger charge is 2.35. The van der Waals surface area contributed by atoms with Crippen LogP contribution in [0, 0.1) is 5.92 Å². The monoisotopic (exact) mass is 268 g/mol. The third-order valence-corrected chi connectivity index (χ3v) is 4.11. The molecular weight excluding hydrogens is 240 g/mol. The van der Waals surface area contributed by atoms with Gasteiger partial charge in [-0.25, -0.2) is 4.79 Å². The van der Waals surface area contributed by atoms with Gasteiger partial charge in [0.1, 0.15) is 5.60 Å². The molecule has 1 aliphatic carbocycles. The second kappa shape index (κ2) is 6.12. The number of nitrogens with zero attached hydrogens (tertiary/aromatic N) is 1. The Bertz CT molecular complexity index is 306. The summed E-state index contributed by atoms with van der Waals surface area (Å²) in [5, 5.41) is 3.43. The number of amides is 1. The van der Waals surface area contributed by atoms with E-state index in [2.05, 4.69) is 5.32 Å². The quantitative estimate of drug-likeness (QED) is 0.795. The highest BCUT2D eigenvalue weighted by Crippen LogP contribution is 2.30. The average Bonchev–Trinajstić information content (AvgIpc) is 2.38. The minimum Gasteiger partial charge on any atom is -0.444 e. The minimum absolute atomic E-state index is 0.135. The number of hydrogen-bond donors (Lipinski definition) is 1. The van der Waals surface area contributed by atoms with Crippen molar-refractivity contribution in [1.82, 2.24) is 10.2 Å². The van der Waals surface area contributed by atoms with Gasteiger partial charge in [-0.15, -0.1) is 0 Å². The van der Waals surface area contributed by atoms with Crippen LogP contribution in [0.15, 0.2) is 0 Å². The van der Waals surface area contributed by atoms with Gasteiger partial charge in [0.05, 0.1) is 6.04 Å². The van der Waals surface area contributed by atoms with Crippen molar-refractivity contribution in [2.45, 2.75) is 64.5 Å². The minimum atomic E-state index is -0.404. The summed E-state index contributed by atoms with van der Waals surface area (Å²) in [7, 11) is 0. The first-order chi connectivity index (χ1) is 8.97. The molecule has 2 rings (SSSR count). The summed E-state index contributed by atoms with van der Waals surface area (Å²) in [5.74, 6) is 0.647. The van der Waals surface area contributed by atoms with E-state index < -0.39 is 5.60 Å². The zero-order valence-corrected chi connectivity index (χ0v) is 12.6. The normalized spacial score (nSPS) is 26.3. The molecule has 1 atom stereocenters. The summed E-state index contributed by atoms with van der Waals surface area (Å²) < 4.78 is 5.56. The Kier molecular flexibility index (Phi) is 4.71. The Morgan fingerprint density at radius 1 is 1.21 bits per heavy atom. The molecule has 1 saturated heterocycles. The SMILES string of the molecule is CC(C)(C)OC(=O)N1CCNC[C@H]1C1CCCCC1. The predicted molar refractivity (Wildman–Crippen MR) is 76.2 cm³/mol. The molecule has 0 aromatic carbocycles. The number of nitrogens with one attached hydrogen (secondary N) is 1. The summed E-state index contributed by atoms with van der Waals surface area (Å²) in [6.07, 6.45) is 6.34. The van der Waals surface area contributed by atoms with Crippen LogP contribution in [0.4, 0.5) is 4.79 Å². The maximum Gasteiger partial charge on any atom is 0.410 e. The van der Waals surface area contributed by atoms with Crippen molar-refractivity contribution in [1.29, 1.82) is 0 Å². The van der Waals surface area contributed by atoms with Crippen molar-refractivity contribution in [2.75, 3.05) is 19.6 Å². The molecule has 1 N–H and O–H groups in total. The van der Waals surface area contributed by atoms with Gasteiger partial charge in [-0.3, -0.25) is 0 Å². The van der Waals surface area contributed by atoms with Crippen LogP contribution in [0.5, 0.6) is 0 Å². The number of carbonyl (C=O) groups is 1. The van der Waals surface area contributed by atoms with Crippen molar-refractivity contribution >= 4 is 6.09 Å². The van der Waals surface area contributed by atoms with Crippen molar-refractivity contribution in [3.8, 4) is 0 Å². The van der Waals surface area contributed by atoms with Crippen molar-refractivity contribution in [3.05, 3.63) is 0 Å². The largest absolute Gasteiger partial charge is 0.444 e. The molecule has 0 aromatic heterocycles. The molecule has 0 radical (unpaired) electrons. The summed E-state index contributed by atoms with van der Waals surface area (Å²) >= 11 is 0. The predicted octanol–water partition coefficient (Wildman–Crippen LogP) is 2.78. The standard InChI is InChI=1S/C15H28N2O2/c1-15(2,3)19-14(18)17-10-9-16-11-13(17)12-7-5-4-6-8-12/h12-13,16H,4-11H2,1-3H3/t13-/m0/s1. The Balaban J connectivity index is 2.00. The highest BCUT2D eigenvalue weighted by atomic mass is 16.6. The Morgan fingerprint density at radius 3 is 2.53 bits per heavy atom. The number of rotatable bonds is 1. The molecular formula is C15H28N2O2. The molecule has 1 saturated carbocycles. The first kappa shape index (κ1) is 14.6. The third kappa shape index (κ3) is 4.10. The van der Waals surface area contributed by atoms with E-state index in [9.17, 15) is 4.79 Å². The van der Waals surface area contributed by atoms with Gasteiger partial charge in [0, 0.05) is 19.6 Å². The second-order valence-corrected chi connectivity index (χ2v) is 6.84. The smallest absolute Gasteiger partial charge is 0.410 e. The van der Waals surface area contributed by atoms with E-state index in [1.807, 2.05) is 25.7 Å². The molecule has 19 heavy (non-hydrogen) atoms. The van der Waals surface area contributed by atoms with E-state index in [0.717, 1.165) is 19.6 Å². The van der Waals surface area contributed by atoms with Crippen LogP contribution in [0.3, 0.4) is 0 Å². The number of hydrogen-bond acceptors (Lipinski definition) is 3. The molecule has 2 aliphatic rings. The lowest BCUT2D eigenvalue weighted by atomic mass is 9.82. The second-order valence-electron chi connectivity index (χ2n) is 6.84. The lowest BCUT2D eigenvalue weighted by molar-refractivity contribution is 0.00154. The molecule has 110 valence electrons. The highest BCUT2D eigenvalue weighted by molar-refractivity contribution is 5.68. The van der Waals surface area contributed by atoms with Gasteiger partial charge >= 0.3 is 6.09 Å². The Morgan fingerprint density at radius 2 is 1.89 bits per heavy atom. The lowest BCUT2D eigenvalue weighted by Crippen LogP contribution is -2.57. The summed E-state index contributed by atoms with van der Waals surface area (Å²) in [5.41, 5.74) is -0.404. The van der Waals surface area contributed by atoms with E-state index in [4.69, 9.17) is 4.74 Å². The van der Waals surface area contributed by atoms with Gasteiger partial charge in [0.2, 0.25) is 0 Å². The fourth-order valence-electron chi connectivity index (χ4n) is 3.21. The van der Waals surface area contributed by atoms with Crippen LogP contribution in [-0.4, -0.2) is 42.3 Å². The van der Waals surface area contributed by atoms with Crippen LogP contribution in [0.25, 0.3) is 0 Å². The van der Waals surface area contributed by atoms with Crippen molar-refractivity contribution < 1.29 is 9.53 Å². The first-order valence-corrected chi connectivity index (χ1v) is 7.68. The van der Waals surface area contributed by atoms with Gasteiger partial charge in [0.25, 0.3) is 0 Å². The molecule has 1 amide bonds. The summed E-state index contributed by atoms with van der Waals surface area (Å²) in [6, 6.07) is 0.323. The number of carbonyl (C=O) groups excluding carboxylic acids is 1. The molecule has 1 aliphatic heterocycles. The molecule has 0 spiro atoms. The third-order valence-electron chi connectivity index (χ3n) is 4.11. The van der Waals surface area contributed by atoms with Crippen molar-refractivity contribution in [2.24, 2.45) is 5.92 Å². The maximum atomic E-state index is 12.3. The van der Waals surface area contributed by atoms with E-state index >= 15 is 0 Å².